The zero-order valence-corrected chi connectivity index (χ0v) is 18.2. The molecule has 1 N–H and O–H groups in total. The van der Waals surface area contributed by atoms with Gasteiger partial charge in [-0.1, -0.05) is 52.3 Å². The number of para-hydroxylation sites is 2. The average molecular weight is 479 g/mol. The maximum atomic E-state index is 13.6. The number of phenolic OH excluding ortho intramolecular Hbond substituents is 1. The highest BCUT2D eigenvalue weighted by molar-refractivity contribution is 9.10. The lowest BCUT2D eigenvalue weighted by Gasteiger charge is -2.29. The number of fused-ring (bicyclic) bond motifs is 1. The van der Waals surface area contributed by atoms with Crippen LogP contribution in [-0.4, -0.2) is 23.0 Å². The molecule has 2 heterocycles. The molecule has 6 nitrogen and oxygen atoms in total. The van der Waals surface area contributed by atoms with Crippen LogP contribution in [0.5, 0.6) is 5.75 Å². The Morgan fingerprint density at radius 3 is 2.39 bits per heavy atom. The Morgan fingerprint density at radius 2 is 1.65 bits per heavy atom. The molecule has 2 aliphatic rings. The first-order valence-corrected chi connectivity index (χ1v) is 10.7. The van der Waals surface area contributed by atoms with Crippen molar-refractivity contribution in [2.24, 2.45) is 5.92 Å². The molecular formula is C24H19BrN2O4. The van der Waals surface area contributed by atoms with Crippen molar-refractivity contribution in [3.63, 3.8) is 0 Å². The van der Waals surface area contributed by atoms with E-state index in [0.717, 1.165) is 10.0 Å². The van der Waals surface area contributed by atoms with Gasteiger partial charge in [0.1, 0.15) is 11.7 Å². The van der Waals surface area contributed by atoms with Gasteiger partial charge in [-0.3, -0.25) is 14.4 Å². The van der Waals surface area contributed by atoms with Gasteiger partial charge in [0, 0.05) is 10.0 Å². The first-order chi connectivity index (χ1) is 15.0. The summed E-state index contributed by atoms with van der Waals surface area (Å²) < 4.78 is 0.754. The van der Waals surface area contributed by atoms with Crippen LogP contribution < -0.4 is 9.96 Å². The summed E-state index contributed by atoms with van der Waals surface area (Å²) in [4.78, 5) is 34.3. The number of aryl methyl sites for hydroxylation is 1. The normalized spacial score (nSPS) is 22.8. The molecule has 0 aromatic heterocycles. The van der Waals surface area contributed by atoms with Crippen LogP contribution >= 0.6 is 15.9 Å². The molecular weight excluding hydrogens is 460 g/mol. The zero-order valence-electron chi connectivity index (χ0n) is 16.6. The Balaban J connectivity index is 1.64. The van der Waals surface area contributed by atoms with Crippen LogP contribution in [0.15, 0.2) is 77.3 Å². The third-order valence-electron chi connectivity index (χ3n) is 5.79. The summed E-state index contributed by atoms with van der Waals surface area (Å²) in [5.41, 5.74) is 2.59. The van der Waals surface area contributed by atoms with Crippen molar-refractivity contribution < 1.29 is 19.5 Å². The van der Waals surface area contributed by atoms with Crippen LogP contribution in [0.4, 0.5) is 11.4 Å². The fourth-order valence-corrected chi connectivity index (χ4v) is 4.72. The Morgan fingerprint density at radius 1 is 0.935 bits per heavy atom. The predicted molar refractivity (Wildman–Crippen MR) is 120 cm³/mol. The number of hydroxylamine groups is 1. The van der Waals surface area contributed by atoms with Crippen molar-refractivity contribution in [3.8, 4) is 5.75 Å². The number of imide groups is 1. The van der Waals surface area contributed by atoms with Gasteiger partial charge in [0.25, 0.3) is 5.91 Å². The standard InChI is InChI=1S/C24H19BrN2O4/c1-14-7-5-6-10-18(14)26-23(29)20-21(17-13-15(25)11-12-19(17)28)27(31-22(20)24(26)30)16-8-3-2-4-9-16/h2-13,20-22,28H,1H3. The summed E-state index contributed by atoms with van der Waals surface area (Å²) in [7, 11) is 0. The first kappa shape index (κ1) is 19.8. The number of amides is 2. The SMILES string of the molecule is Cc1ccccc1N1C(=O)C2ON(c3ccccc3)C(c3cc(Br)ccc3O)C2C1=O. The smallest absolute Gasteiger partial charge is 0.266 e. The number of hydrogen-bond acceptors (Lipinski definition) is 5. The van der Waals surface area contributed by atoms with Crippen LogP contribution in [0.3, 0.4) is 0 Å². The van der Waals surface area contributed by atoms with Crippen molar-refractivity contribution in [2.75, 3.05) is 9.96 Å². The highest BCUT2D eigenvalue weighted by Crippen LogP contribution is 2.49. The molecule has 2 amide bonds. The molecule has 0 saturated carbocycles. The van der Waals surface area contributed by atoms with Gasteiger partial charge in [-0.2, -0.15) is 0 Å². The molecule has 0 radical (unpaired) electrons. The van der Waals surface area contributed by atoms with Gasteiger partial charge in [0.05, 0.1) is 17.4 Å². The second kappa shape index (κ2) is 7.51. The van der Waals surface area contributed by atoms with E-state index in [0.29, 0.717) is 16.9 Å². The molecule has 0 bridgehead atoms. The number of anilines is 2. The highest BCUT2D eigenvalue weighted by atomic mass is 79.9. The second-order valence-electron chi connectivity index (χ2n) is 7.66. The number of carbonyl (C=O) groups excluding carboxylic acids is 2. The number of rotatable bonds is 3. The van der Waals surface area contributed by atoms with E-state index in [-0.39, 0.29) is 11.7 Å². The number of halogens is 1. The van der Waals surface area contributed by atoms with Crippen molar-refractivity contribution in [3.05, 3.63) is 88.4 Å². The minimum Gasteiger partial charge on any atom is -0.508 e. The number of nitrogens with zero attached hydrogens (tertiary/aromatic N) is 2. The van der Waals surface area contributed by atoms with E-state index < -0.39 is 24.0 Å². The van der Waals surface area contributed by atoms with E-state index in [2.05, 4.69) is 15.9 Å². The fraction of sp³-hybridized carbons (Fsp3) is 0.167. The molecule has 2 fully saturated rings. The highest BCUT2D eigenvalue weighted by Gasteiger charge is 2.60. The Labute approximate surface area is 187 Å². The molecule has 7 heteroatoms. The molecule has 5 rings (SSSR count). The summed E-state index contributed by atoms with van der Waals surface area (Å²) in [6.45, 7) is 1.86. The summed E-state index contributed by atoms with van der Waals surface area (Å²) in [5, 5.41) is 12.2. The van der Waals surface area contributed by atoms with Gasteiger partial charge in [-0.05, 0) is 48.9 Å². The monoisotopic (exact) mass is 478 g/mol. The van der Waals surface area contributed by atoms with Crippen LogP contribution in [0.2, 0.25) is 0 Å². The number of hydrogen-bond donors (Lipinski definition) is 1. The molecule has 2 aliphatic heterocycles. The average Bonchev–Trinajstić information content (AvgIpc) is 3.27. The van der Waals surface area contributed by atoms with Gasteiger partial charge >= 0.3 is 0 Å². The van der Waals surface area contributed by atoms with E-state index in [1.165, 1.54) is 4.90 Å². The molecule has 156 valence electrons. The van der Waals surface area contributed by atoms with Gasteiger partial charge in [0.15, 0.2) is 6.10 Å². The summed E-state index contributed by atoms with van der Waals surface area (Å²) in [6.07, 6.45) is -0.976. The fourth-order valence-electron chi connectivity index (χ4n) is 4.34. The number of phenols is 1. The second-order valence-corrected chi connectivity index (χ2v) is 8.58. The van der Waals surface area contributed by atoms with Gasteiger partial charge < -0.3 is 5.11 Å². The maximum absolute atomic E-state index is 13.6. The molecule has 3 aromatic carbocycles. The first-order valence-electron chi connectivity index (χ1n) is 9.90. The number of aromatic hydroxyl groups is 1. The molecule has 31 heavy (non-hydrogen) atoms. The minimum atomic E-state index is -0.976. The third kappa shape index (κ3) is 3.12. The number of benzene rings is 3. The largest absolute Gasteiger partial charge is 0.508 e. The quantitative estimate of drug-likeness (QED) is 0.560. The molecule has 3 unspecified atom stereocenters. The van der Waals surface area contributed by atoms with Crippen molar-refractivity contribution in [2.45, 2.75) is 19.1 Å². The minimum absolute atomic E-state index is 0.0352. The van der Waals surface area contributed by atoms with E-state index in [1.54, 1.807) is 35.4 Å². The summed E-state index contributed by atoms with van der Waals surface area (Å²) in [5.74, 6) is -1.50. The van der Waals surface area contributed by atoms with Crippen LogP contribution in [0.1, 0.15) is 17.2 Å². The Bertz CT molecular complexity index is 1180. The van der Waals surface area contributed by atoms with Gasteiger partial charge in [0.2, 0.25) is 5.91 Å². The molecule has 0 aliphatic carbocycles. The van der Waals surface area contributed by atoms with E-state index in [4.69, 9.17) is 4.84 Å². The van der Waals surface area contributed by atoms with Gasteiger partial charge in [-0.25, -0.2) is 9.96 Å². The molecule has 3 aromatic rings. The van der Waals surface area contributed by atoms with Crippen LogP contribution in [-0.2, 0) is 14.4 Å². The van der Waals surface area contributed by atoms with E-state index >= 15 is 0 Å². The summed E-state index contributed by atoms with van der Waals surface area (Å²) in [6, 6.07) is 20.9. The maximum Gasteiger partial charge on any atom is 0.266 e. The van der Waals surface area contributed by atoms with Crippen molar-refractivity contribution in [1.29, 1.82) is 0 Å². The lowest BCUT2D eigenvalue weighted by atomic mass is 9.90. The van der Waals surface area contributed by atoms with E-state index in [9.17, 15) is 14.7 Å². The predicted octanol–water partition coefficient (Wildman–Crippen LogP) is 4.51. The molecule has 3 atom stereocenters. The van der Waals surface area contributed by atoms with Crippen LogP contribution in [0, 0.1) is 12.8 Å². The lowest BCUT2D eigenvalue weighted by molar-refractivity contribution is -0.126. The van der Waals surface area contributed by atoms with Crippen LogP contribution in [0.25, 0.3) is 0 Å². The summed E-state index contributed by atoms with van der Waals surface area (Å²) >= 11 is 3.44. The zero-order chi connectivity index (χ0) is 21.7. The lowest BCUT2D eigenvalue weighted by Crippen LogP contribution is -2.37. The van der Waals surface area contributed by atoms with Crippen molar-refractivity contribution >= 4 is 39.1 Å². The van der Waals surface area contributed by atoms with Crippen molar-refractivity contribution in [1.82, 2.24) is 0 Å². The topological polar surface area (TPSA) is 70.1 Å². The Kier molecular flexibility index (Phi) is 4.79. The van der Waals surface area contributed by atoms with E-state index in [1.807, 2.05) is 49.4 Å². The third-order valence-corrected chi connectivity index (χ3v) is 6.28. The number of carbonyl (C=O) groups is 2. The Hall–Kier alpha value is -3.16. The van der Waals surface area contributed by atoms with Gasteiger partial charge in [-0.15, -0.1) is 0 Å². The molecule has 2 saturated heterocycles. The molecule has 0 spiro atoms.